The Balaban J connectivity index is 1.81. The number of amides is 1. The molecule has 2 saturated heterocycles. The van der Waals surface area contributed by atoms with Crippen LogP contribution in [-0.4, -0.2) is 23.4 Å². The zero-order chi connectivity index (χ0) is 13.3. The molecule has 3 heteroatoms. The first-order valence-corrected chi connectivity index (χ1v) is 7.38. The highest BCUT2D eigenvalue weighted by molar-refractivity contribution is 5.88. The second-order valence-corrected chi connectivity index (χ2v) is 6.23. The average Bonchev–Trinajstić information content (AvgIpc) is 2.96. The normalized spacial score (nSPS) is 32.9. The number of fused-ring (bicyclic) bond motifs is 1. The van der Waals surface area contributed by atoms with Gasteiger partial charge in [-0.1, -0.05) is 24.3 Å². The van der Waals surface area contributed by atoms with E-state index in [1.54, 1.807) is 0 Å². The SMILES string of the molecule is O=C1C[C@]23C(=CC=C4CCCN1[C@@H]42)Nc1ccccc13. The minimum atomic E-state index is -0.141. The Morgan fingerprint density at radius 3 is 3.10 bits per heavy atom. The van der Waals surface area contributed by atoms with E-state index in [4.69, 9.17) is 0 Å². The first-order chi connectivity index (χ1) is 9.80. The Kier molecular flexibility index (Phi) is 1.79. The minimum absolute atomic E-state index is 0.141. The van der Waals surface area contributed by atoms with E-state index in [1.165, 1.54) is 22.5 Å². The van der Waals surface area contributed by atoms with Gasteiger partial charge < -0.3 is 10.2 Å². The van der Waals surface area contributed by atoms with E-state index < -0.39 is 0 Å². The zero-order valence-corrected chi connectivity index (χ0v) is 11.2. The number of nitrogens with zero attached hydrogens (tertiary/aromatic N) is 1. The highest BCUT2D eigenvalue weighted by Crippen LogP contribution is 2.57. The number of piperidine rings is 1. The first kappa shape index (κ1) is 10.7. The van der Waals surface area contributed by atoms with Gasteiger partial charge in [-0.05, 0) is 36.1 Å². The van der Waals surface area contributed by atoms with Crippen LogP contribution < -0.4 is 5.32 Å². The molecule has 20 heavy (non-hydrogen) atoms. The molecular weight excluding hydrogens is 248 g/mol. The maximum atomic E-state index is 12.5. The van der Waals surface area contributed by atoms with Gasteiger partial charge in [-0.15, -0.1) is 0 Å². The fourth-order valence-electron chi connectivity index (χ4n) is 4.63. The second-order valence-electron chi connectivity index (χ2n) is 6.23. The third-order valence-electron chi connectivity index (χ3n) is 5.37. The van der Waals surface area contributed by atoms with Crippen molar-refractivity contribution < 1.29 is 4.79 Å². The molecular formula is C17H16N2O. The highest BCUT2D eigenvalue weighted by atomic mass is 16.2. The van der Waals surface area contributed by atoms with E-state index in [-0.39, 0.29) is 11.5 Å². The maximum absolute atomic E-state index is 12.5. The molecule has 5 rings (SSSR count). The van der Waals surface area contributed by atoms with Gasteiger partial charge in [-0.2, -0.15) is 0 Å². The molecule has 2 atom stereocenters. The molecule has 1 aromatic carbocycles. The summed E-state index contributed by atoms with van der Waals surface area (Å²) in [6.45, 7) is 0.915. The summed E-state index contributed by atoms with van der Waals surface area (Å²) in [5, 5.41) is 3.55. The van der Waals surface area contributed by atoms with E-state index in [0.29, 0.717) is 12.3 Å². The molecule has 0 saturated carbocycles. The Morgan fingerprint density at radius 1 is 1.25 bits per heavy atom. The Bertz CT molecular complexity index is 703. The number of nitrogens with one attached hydrogen (secondary N) is 1. The molecule has 2 fully saturated rings. The molecule has 0 unspecified atom stereocenters. The van der Waals surface area contributed by atoms with Crippen LogP contribution in [0.4, 0.5) is 5.69 Å². The van der Waals surface area contributed by atoms with Crippen LogP contribution in [0.15, 0.2) is 47.7 Å². The highest BCUT2D eigenvalue weighted by Gasteiger charge is 2.60. The van der Waals surface area contributed by atoms with Gasteiger partial charge in [0.1, 0.15) is 0 Å². The minimum Gasteiger partial charge on any atom is -0.358 e. The van der Waals surface area contributed by atoms with E-state index in [2.05, 4.69) is 46.6 Å². The number of hydrogen-bond acceptors (Lipinski definition) is 2. The summed E-state index contributed by atoms with van der Waals surface area (Å²) < 4.78 is 0. The summed E-state index contributed by atoms with van der Waals surface area (Å²) in [7, 11) is 0. The lowest BCUT2D eigenvalue weighted by Gasteiger charge is -2.42. The van der Waals surface area contributed by atoms with Gasteiger partial charge in [0.2, 0.25) is 5.91 Å². The quantitative estimate of drug-likeness (QED) is 0.781. The Labute approximate surface area is 118 Å². The second kappa shape index (κ2) is 3.35. The van der Waals surface area contributed by atoms with Crippen LogP contribution >= 0.6 is 0 Å². The summed E-state index contributed by atoms with van der Waals surface area (Å²) in [5.74, 6) is 0.312. The van der Waals surface area contributed by atoms with Crippen LogP contribution in [0.3, 0.4) is 0 Å². The van der Waals surface area contributed by atoms with Gasteiger partial charge in [0, 0.05) is 24.4 Å². The van der Waals surface area contributed by atoms with E-state index in [9.17, 15) is 4.79 Å². The van der Waals surface area contributed by atoms with Crippen molar-refractivity contribution in [3.05, 3.63) is 53.3 Å². The molecule has 3 nitrogen and oxygen atoms in total. The Hall–Kier alpha value is -2.03. The lowest BCUT2D eigenvalue weighted by Crippen LogP contribution is -2.48. The van der Waals surface area contributed by atoms with E-state index in [0.717, 1.165) is 19.4 Å². The number of carbonyl (C=O) groups excluding carboxylic acids is 1. The summed E-state index contributed by atoms with van der Waals surface area (Å²) in [6, 6.07) is 8.71. The third kappa shape index (κ3) is 1.03. The maximum Gasteiger partial charge on any atom is 0.224 e. The largest absolute Gasteiger partial charge is 0.358 e. The fourth-order valence-corrected chi connectivity index (χ4v) is 4.63. The van der Waals surface area contributed by atoms with Gasteiger partial charge in [0.25, 0.3) is 0 Å². The van der Waals surface area contributed by atoms with Crippen molar-refractivity contribution in [3.63, 3.8) is 0 Å². The van der Waals surface area contributed by atoms with Crippen LogP contribution in [0.5, 0.6) is 0 Å². The monoisotopic (exact) mass is 264 g/mol. The Morgan fingerprint density at radius 2 is 2.15 bits per heavy atom. The molecule has 1 amide bonds. The third-order valence-corrected chi connectivity index (χ3v) is 5.37. The molecule has 3 heterocycles. The first-order valence-electron chi connectivity index (χ1n) is 7.38. The number of para-hydroxylation sites is 1. The molecule has 1 N–H and O–H groups in total. The number of benzene rings is 1. The van der Waals surface area contributed by atoms with Crippen molar-refractivity contribution in [1.29, 1.82) is 0 Å². The molecule has 100 valence electrons. The number of allylic oxidation sites excluding steroid dienone is 2. The van der Waals surface area contributed by atoms with Gasteiger partial charge in [0.15, 0.2) is 0 Å². The molecule has 3 aliphatic heterocycles. The predicted molar refractivity (Wildman–Crippen MR) is 77.3 cm³/mol. The molecule has 0 aromatic heterocycles. The van der Waals surface area contributed by atoms with Crippen molar-refractivity contribution in [1.82, 2.24) is 4.90 Å². The molecule has 1 aliphatic carbocycles. The molecule has 0 radical (unpaired) electrons. The van der Waals surface area contributed by atoms with Crippen LogP contribution in [-0.2, 0) is 10.2 Å². The standard InChI is InChI=1S/C17H16N2O/c20-15-10-17-12-5-1-2-6-13(12)18-14(17)8-7-11-4-3-9-19(15)16(11)17/h1-2,5-8,16,18H,3-4,9-10H2/t16-,17-/m0/s1. The predicted octanol–water partition coefficient (Wildman–Crippen LogP) is 2.57. The van der Waals surface area contributed by atoms with E-state index in [1.807, 2.05) is 0 Å². The number of hydrogen-bond donors (Lipinski definition) is 1. The molecule has 4 aliphatic rings. The zero-order valence-electron chi connectivity index (χ0n) is 11.2. The van der Waals surface area contributed by atoms with Crippen molar-refractivity contribution in [2.75, 3.05) is 11.9 Å². The molecule has 1 spiro atoms. The fraction of sp³-hybridized carbons (Fsp3) is 0.353. The smallest absolute Gasteiger partial charge is 0.224 e. The van der Waals surface area contributed by atoms with Crippen LogP contribution in [0, 0.1) is 0 Å². The number of anilines is 1. The van der Waals surface area contributed by atoms with Crippen molar-refractivity contribution in [2.45, 2.75) is 30.7 Å². The van der Waals surface area contributed by atoms with Gasteiger partial charge in [-0.25, -0.2) is 0 Å². The molecule has 0 bridgehead atoms. The number of rotatable bonds is 0. The van der Waals surface area contributed by atoms with Gasteiger partial charge in [0.05, 0.1) is 11.5 Å². The van der Waals surface area contributed by atoms with E-state index >= 15 is 0 Å². The van der Waals surface area contributed by atoms with Crippen LogP contribution in [0.2, 0.25) is 0 Å². The number of carbonyl (C=O) groups is 1. The van der Waals surface area contributed by atoms with Crippen molar-refractivity contribution >= 4 is 11.6 Å². The van der Waals surface area contributed by atoms with Crippen molar-refractivity contribution in [2.24, 2.45) is 0 Å². The summed E-state index contributed by atoms with van der Waals surface area (Å²) >= 11 is 0. The summed E-state index contributed by atoms with van der Waals surface area (Å²) in [4.78, 5) is 14.7. The summed E-state index contributed by atoms with van der Waals surface area (Å²) in [5.41, 5.74) is 4.99. The lowest BCUT2D eigenvalue weighted by molar-refractivity contribution is -0.129. The van der Waals surface area contributed by atoms with Crippen LogP contribution in [0.25, 0.3) is 0 Å². The van der Waals surface area contributed by atoms with Crippen molar-refractivity contribution in [3.8, 4) is 0 Å². The lowest BCUT2D eigenvalue weighted by atomic mass is 9.67. The van der Waals surface area contributed by atoms with Gasteiger partial charge in [-0.3, -0.25) is 4.79 Å². The van der Waals surface area contributed by atoms with Gasteiger partial charge >= 0.3 is 0 Å². The topological polar surface area (TPSA) is 32.3 Å². The average molecular weight is 264 g/mol. The molecule has 1 aromatic rings. The van der Waals surface area contributed by atoms with Crippen LogP contribution in [0.1, 0.15) is 24.8 Å². The summed E-state index contributed by atoms with van der Waals surface area (Å²) in [6.07, 6.45) is 7.28.